The topological polar surface area (TPSA) is 37.3 Å². The molecule has 0 bridgehead atoms. The molecule has 0 aromatic heterocycles. The molecular weight excluding hydrogens is 236 g/mol. The molecule has 1 fully saturated rings. The van der Waals surface area contributed by atoms with Gasteiger partial charge in [-0.1, -0.05) is 27.2 Å². The van der Waals surface area contributed by atoms with E-state index in [1.807, 2.05) is 0 Å². The Labute approximate surface area is 119 Å². The standard InChI is InChI=1S/C17H32O2/c1-5-12(2)17(11-6-13(3)18)14(4)15-7-9-16(19)10-8-15/h12,14-17,19H,5-11H2,1-4H3/t12?,14?,15-,16+,17?. The molecular formula is C17H32O2. The van der Waals surface area contributed by atoms with Crippen LogP contribution in [-0.2, 0) is 4.79 Å². The molecule has 0 aliphatic heterocycles. The van der Waals surface area contributed by atoms with Crippen molar-refractivity contribution in [1.82, 2.24) is 0 Å². The molecule has 0 radical (unpaired) electrons. The molecule has 1 saturated carbocycles. The molecule has 0 heterocycles. The minimum atomic E-state index is -0.0669. The average molecular weight is 268 g/mol. The Hall–Kier alpha value is -0.370. The maximum atomic E-state index is 11.3. The van der Waals surface area contributed by atoms with Crippen LogP contribution in [0, 0.1) is 23.7 Å². The van der Waals surface area contributed by atoms with Gasteiger partial charge in [-0.25, -0.2) is 0 Å². The molecule has 0 amide bonds. The van der Waals surface area contributed by atoms with Crippen LogP contribution in [0.4, 0.5) is 0 Å². The number of hydrogen-bond donors (Lipinski definition) is 1. The second kappa shape index (κ2) is 8.04. The quantitative estimate of drug-likeness (QED) is 0.751. The molecule has 0 aromatic rings. The Morgan fingerprint density at radius 2 is 1.79 bits per heavy atom. The third-order valence-corrected chi connectivity index (χ3v) is 5.36. The summed E-state index contributed by atoms with van der Waals surface area (Å²) in [4.78, 5) is 11.3. The molecule has 0 saturated heterocycles. The smallest absolute Gasteiger partial charge is 0.129 e. The predicted octanol–water partition coefficient (Wildman–Crippen LogP) is 4.21. The summed E-state index contributed by atoms with van der Waals surface area (Å²) in [7, 11) is 0. The lowest BCUT2D eigenvalue weighted by atomic mass is 9.69. The number of Topliss-reactive ketones (excluding diaryl/α,β-unsaturated/α-hetero) is 1. The van der Waals surface area contributed by atoms with E-state index in [0.717, 1.165) is 44.4 Å². The van der Waals surface area contributed by atoms with Crippen LogP contribution < -0.4 is 0 Å². The normalized spacial score (nSPS) is 28.7. The van der Waals surface area contributed by atoms with Crippen molar-refractivity contribution in [2.24, 2.45) is 23.7 Å². The summed E-state index contributed by atoms with van der Waals surface area (Å²) in [5, 5.41) is 9.63. The highest BCUT2D eigenvalue weighted by atomic mass is 16.3. The van der Waals surface area contributed by atoms with Crippen molar-refractivity contribution in [3.05, 3.63) is 0 Å². The monoisotopic (exact) mass is 268 g/mol. The van der Waals surface area contributed by atoms with Gasteiger partial charge in [0.2, 0.25) is 0 Å². The van der Waals surface area contributed by atoms with Crippen LogP contribution in [0.5, 0.6) is 0 Å². The van der Waals surface area contributed by atoms with E-state index in [9.17, 15) is 9.90 Å². The van der Waals surface area contributed by atoms with E-state index >= 15 is 0 Å². The third kappa shape index (κ3) is 5.25. The van der Waals surface area contributed by atoms with Gasteiger partial charge in [-0.3, -0.25) is 0 Å². The number of aliphatic hydroxyl groups excluding tert-OH is 1. The van der Waals surface area contributed by atoms with E-state index in [2.05, 4.69) is 20.8 Å². The zero-order valence-corrected chi connectivity index (χ0v) is 13.2. The lowest BCUT2D eigenvalue weighted by molar-refractivity contribution is -0.117. The maximum absolute atomic E-state index is 11.3. The average Bonchev–Trinajstić information content (AvgIpc) is 2.38. The van der Waals surface area contributed by atoms with E-state index in [1.54, 1.807) is 6.92 Å². The number of carbonyl (C=O) groups is 1. The molecule has 0 aromatic carbocycles. The molecule has 2 nitrogen and oxygen atoms in total. The van der Waals surface area contributed by atoms with Crippen molar-refractivity contribution in [2.75, 3.05) is 0 Å². The third-order valence-electron chi connectivity index (χ3n) is 5.36. The fourth-order valence-electron chi connectivity index (χ4n) is 3.72. The molecule has 0 spiro atoms. The van der Waals surface area contributed by atoms with Crippen LogP contribution in [-0.4, -0.2) is 17.0 Å². The Balaban J connectivity index is 2.59. The minimum absolute atomic E-state index is 0.0669. The summed E-state index contributed by atoms with van der Waals surface area (Å²) in [5.41, 5.74) is 0. The fraction of sp³-hybridized carbons (Fsp3) is 0.941. The van der Waals surface area contributed by atoms with E-state index in [-0.39, 0.29) is 6.10 Å². The van der Waals surface area contributed by atoms with Crippen molar-refractivity contribution in [2.45, 2.75) is 78.7 Å². The zero-order chi connectivity index (χ0) is 14.4. The second-order valence-electron chi connectivity index (χ2n) is 6.72. The summed E-state index contributed by atoms with van der Waals surface area (Å²) in [5.74, 6) is 3.10. The molecule has 1 aliphatic rings. The Morgan fingerprint density at radius 3 is 2.26 bits per heavy atom. The van der Waals surface area contributed by atoms with Gasteiger partial charge in [0.25, 0.3) is 0 Å². The lowest BCUT2D eigenvalue weighted by Gasteiger charge is -2.37. The Kier molecular flexibility index (Phi) is 7.06. The van der Waals surface area contributed by atoms with Gasteiger partial charge in [-0.05, 0) is 62.7 Å². The number of hydrogen-bond acceptors (Lipinski definition) is 2. The van der Waals surface area contributed by atoms with Crippen molar-refractivity contribution >= 4 is 5.78 Å². The maximum Gasteiger partial charge on any atom is 0.129 e. The molecule has 112 valence electrons. The molecule has 2 heteroatoms. The van der Waals surface area contributed by atoms with Gasteiger partial charge in [0, 0.05) is 6.42 Å². The van der Waals surface area contributed by atoms with Crippen molar-refractivity contribution in [1.29, 1.82) is 0 Å². The molecule has 1 rings (SSSR count). The number of carbonyl (C=O) groups excluding carboxylic acids is 1. The van der Waals surface area contributed by atoms with Crippen LogP contribution in [0.1, 0.15) is 72.6 Å². The van der Waals surface area contributed by atoms with Crippen LogP contribution in [0.25, 0.3) is 0 Å². The zero-order valence-electron chi connectivity index (χ0n) is 13.2. The van der Waals surface area contributed by atoms with E-state index in [4.69, 9.17) is 0 Å². The molecule has 1 N–H and O–H groups in total. The largest absolute Gasteiger partial charge is 0.393 e. The molecule has 3 unspecified atom stereocenters. The molecule has 19 heavy (non-hydrogen) atoms. The summed E-state index contributed by atoms with van der Waals surface area (Å²) < 4.78 is 0. The Bertz CT molecular complexity index is 266. The van der Waals surface area contributed by atoms with E-state index in [1.165, 1.54) is 6.42 Å². The first-order chi connectivity index (χ1) is 8.95. The van der Waals surface area contributed by atoms with Gasteiger partial charge in [-0.2, -0.15) is 0 Å². The van der Waals surface area contributed by atoms with Crippen molar-refractivity contribution in [3.63, 3.8) is 0 Å². The summed E-state index contributed by atoms with van der Waals surface area (Å²) in [6.07, 6.45) is 7.17. The predicted molar refractivity (Wildman–Crippen MR) is 80.0 cm³/mol. The summed E-state index contributed by atoms with van der Waals surface area (Å²) in [6.45, 7) is 8.66. The first-order valence-electron chi connectivity index (χ1n) is 8.13. The number of aliphatic hydroxyl groups is 1. The highest BCUT2D eigenvalue weighted by Gasteiger charge is 2.31. The lowest BCUT2D eigenvalue weighted by Crippen LogP contribution is -2.30. The van der Waals surface area contributed by atoms with Gasteiger partial charge in [0.15, 0.2) is 0 Å². The van der Waals surface area contributed by atoms with Crippen LogP contribution in [0.15, 0.2) is 0 Å². The fourth-order valence-corrected chi connectivity index (χ4v) is 3.72. The number of rotatable bonds is 7. The van der Waals surface area contributed by atoms with Gasteiger partial charge in [0.05, 0.1) is 6.10 Å². The highest BCUT2D eigenvalue weighted by molar-refractivity contribution is 5.75. The van der Waals surface area contributed by atoms with Crippen LogP contribution in [0.3, 0.4) is 0 Å². The summed E-state index contributed by atoms with van der Waals surface area (Å²) >= 11 is 0. The first kappa shape index (κ1) is 16.7. The first-order valence-corrected chi connectivity index (χ1v) is 8.13. The SMILES string of the molecule is CCC(C)C(CCC(C)=O)C(C)[C@H]1CC[C@@H](O)CC1. The van der Waals surface area contributed by atoms with Crippen LogP contribution >= 0.6 is 0 Å². The molecule has 1 aliphatic carbocycles. The van der Waals surface area contributed by atoms with Gasteiger partial charge in [-0.15, -0.1) is 0 Å². The summed E-state index contributed by atoms with van der Waals surface area (Å²) in [6, 6.07) is 0. The van der Waals surface area contributed by atoms with Gasteiger partial charge in [0.1, 0.15) is 5.78 Å². The van der Waals surface area contributed by atoms with Gasteiger partial charge >= 0.3 is 0 Å². The Morgan fingerprint density at radius 1 is 1.21 bits per heavy atom. The van der Waals surface area contributed by atoms with Gasteiger partial charge < -0.3 is 9.90 Å². The van der Waals surface area contributed by atoms with Crippen molar-refractivity contribution in [3.8, 4) is 0 Å². The van der Waals surface area contributed by atoms with E-state index in [0.29, 0.717) is 23.5 Å². The van der Waals surface area contributed by atoms with Crippen molar-refractivity contribution < 1.29 is 9.90 Å². The second-order valence-corrected chi connectivity index (χ2v) is 6.72. The van der Waals surface area contributed by atoms with Crippen LogP contribution in [0.2, 0.25) is 0 Å². The van der Waals surface area contributed by atoms with E-state index < -0.39 is 0 Å². The highest BCUT2D eigenvalue weighted by Crippen LogP contribution is 2.39. The minimum Gasteiger partial charge on any atom is -0.393 e. The molecule has 3 atom stereocenters. The number of ketones is 1.